The first-order chi connectivity index (χ1) is 8.48. The molecule has 0 aliphatic heterocycles. The molecule has 18 heavy (non-hydrogen) atoms. The normalized spacial score (nSPS) is 11.3. The first-order valence-electron chi connectivity index (χ1n) is 4.86. The molecule has 1 aromatic carbocycles. The Bertz CT molecular complexity index is 549. The minimum absolute atomic E-state index is 0.164. The molecule has 0 saturated carbocycles. The first-order valence-corrected chi connectivity index (χ1v) is 4.86. The van der Waals surface area contributed by atoms with Crippen LogP contribution >= 0.6 is 0 Å². The fourth-order valence-electron chi connectivity index (χ4n) is 1.31. The second-order valence-electron chi connectivity index (χ2n) is 3.36. The smallest absolute Gasteiger partial charge is 0.423 e. The molecule has 1 aromatic heterocycles. The van der Waals surface area contributed by atoms with Crippen LogP contribution in [-0.4, -0.2) is 16.2 Å². The Morgan fingerprint density at radius 2 is 1.89 bits per heavy atom. The number of esters is 1. The van der Waals surface area contributed by atoms with E-state index in [2.05, 4.69) is 5.10 Å². The topological polar surface area (TPSA) is 55.0 Å². The highest BCUT2D eigenvalue weighted by atomic mass is 19.4. The van der Waals surface area contributed by atoms with Crippen LogP contribution in [0.5, 0.6) is 5.75 Å². The van der Waals surface area contributed by atoms with E-state index < -0.39 is 23.4 Å². The van der Waals surface area contributed by atoms with Gasteiger partial charge in [0.15, 0.2) is 5.69 Å². The fraction of sp³-hybridized carbons (Fsp3) is 0.0909. The average molecular weight is 256 g/mol. The molecule has 94 valence electrons. The Kier molecular flexibility index (Phi) is 3.05. The van der Waals surface area contributed by atoms with Gasteiger partial charge in [-0.05, 0) is 12.1 Å². The summed E-state index contributed by atoms with van der Waals surface area (Å²) in [5.41, 5.74) is -1.87. The Morgan fingerprint density at radius 3 is 2.50 bits per heavy atom. The summed E-state index contributed by atoms with van der Waals surface area (Å²) in [5.74, 6) is -0.945. The van der Waals surface area contributed by atoms with E-state index in [4.69, 9.17) is 4.74 Å². The van der Waals surface area contributed by atoms with Crippen molar-refractivity contribution in [3.05, 3.63) is 47.8 Å². The van der Waals surface area contributed by atoms with Crippen molar-refractivity contribution in [3.63, 3.8) is 0 Å². The van der Waals surface area contributed by atoms with Crippen molar-refractivity contribution in [3.8, 4) is 5.75 Å². The summed E-state index contributed by atoms with van der Waals surface area (Å²) in [6.07, 6.45) is -3.89. The highest BCUT2D eigenvalue weighted by molar-refractivity contribution is 5.92. The third-order valence-corrected chi connectivity index (χ3v) is 2.10. The molecule has 0 amide bonds. The van der Waals surface area contributed by atoms with Crippen molar-refractivity contribution < 1.29 is 22.7 Å². The van der Waals surface area contributed by atoms with Gasteiger partial charge in [-0.15, -0.1) is 0 Å². The third kappa shape index (κ3) is 2.50. The molecule has 0 fully saturated rings. The highest BCUT2D eigenvalue weighted by Gasteiger charge is 2.38. The van der Waals surface area contributed by atoms with E-state index in [9.17, 15) is 18.0 Å². The number of hydrogen-bond donors (Lipinski definition) is 1. The second-order valence-corrected chi connectivity index (χ2v) is 3.36. The largest absolute Gasteiger partial charge is 0.433 e. The monoisotopic (exact) mass is 256 g/mol. The number of nitrogens with zero attached hydrogens (tertiary/aromatic N) is 1. The summed E-state index contributed by atoms with van der Waals surface area (Å²) in [7, 11) is 0. The van der Waals surface area contributed by atoms with Gasteiger partial charge >= 0.3 is 12.1 Å². The van der Waals surface area contributed by atoms with Crippen LogP contribution in [0, 0.1) is 0 Å². The van der Waals surface area contributed by atoms with E-state index in [1.54, 1.807) is 23.3 Å². The number of alkyl halides is 3. The summed E-state index contributed by atoms with van der Waals surface area (Å²) in [5, 5.41) is 4.94. The van der Waals surface area contributed by atoms with Crippen LogP contribution in [0.2, 0.25) is 0 Å². The number of H-pyrrole nitrogens is 1. The summed E-state index contributed by atoms with van der Waals surface area (Å²) >= 11 is 0. The Hall–Kier alpha value is -2.31. The van der Waals surface area contributed by atoms with Crippen LogP contribution in [-0.2, 0) is 6.18 Å². The second kappa shape index (κ2) is 4.52. The fourth-order valence-corrected chi connectivity index (χ4v) is 1.31. The number of halogens is 3. The van der Waals surface area contributed by atoms with Crippen LogP contribution in [0.3, 0.4) is 0 Å². The van der Waals surface area contributed by atoms with E-state index in [1.165, 1.54) is 12.1 Å². The minimum atomic E-state index is -4.68. The van der Waals surface area contributed by atoms with E-state index >= 15 is 0 Å². The maximum Gasteiger partial charge on any atom is 0.433 e. The molecular formula is C11H7F3N2O2. The molecule has 1 N–H and O–H groups in total. The molecule has 1 heterocycles. The highest BCUT2D eigenvalue weighted by Crippen LogP contribution is 2.30. The van der Waals surface area contributed by atoms with Gasteiger partial charge in [0, 0.05) is 0 Å². The summed E-state index contributed by atoms with van der Waals surface area (Å²) < 4.78 is 42.3. The lowest BCUT2D eigenvalue weighted by Gasteiger charge is -2.06. The number of rotatable bonds is 2. The third-order valence-electron chi connectivity index (χ3n) is 2.10. The van der Waals surface area contributed by atoms with Crippen molar-refractivity contribution in [1.82, 2.24) is 10.2 Å². The van der Waals surface area contributed by atoms with E-state index in [0.29, 0.717) is 0 Å². The minimum Gasteiger partial charge on any atom is -0.423 e. The van der Waals surface area contributed by atoms with Crippen LogP contribution in [0.25, 0.3) is 0 Å². The van der Waals surface area contributed by atoms with Gasteiger partial charge in [0.05, 0.1) is 6.20 Å². The molecule has 2 aromatic rings. The van der Waals surface area contributed by atoms with Gasteiger partial charge in [-0.2, -0.15) is 18.3 Å². The van der Waals surface area contributed by atoms with Crippen molar-refractivity contribution in [2.75, 3.05) is 0 Å². The molecule has 2 rings (SSSR count). The van der Waals surface area contributed by atoms with Gasteiger partial charge in [-0.25, -0.2) is 4.79 Å². The number of ether oxygens (including phenoxy) is 1. The lowest BCUT2D eigenvalue weighted by molar-refractivity contribution is -0.141. The van der Waals surface area contributed by atoms with Gasteiger partial charge < -0.3 is 4.74 Å². The quantitative estimate of drug-likeness (QED) is 0.663. The van der Waals surface area contributed by atoms with E-state index in [-0.39, 0.29) is 5.75 Å². The zero-order valence-electron chi connectivity index (χ0n) is 8.86. The lowest BCUT2D eigenvalue weighted by atomic mass is 10.2. The van der Waals surface area contributed by atoms with E-state index in [0.717, 1.165) is 6.20 Å². The van der Waals surface area contributed by atoms with Crippen molar-refractivity contribution in [1.29, 1.82) is 0 Å². The van der Waals surface area contributed by atoms with Crippen LogP contribution in [0.4, 0.5) is 13.2 Å². The van der Waals surface area contributed by atoms with E-state index in [1.807, 2.05) is 0 Å². The number of nitrogens with one attached hydrogen (secondary N) is 1. The first kappa shape index (κ1) is 12.2. The zero-order chi connectivity index (χ0) is 13.2. The SMILES string of the molecule is O=C(Oc1ccccc1)c1cn[nH]c1C(F)(F)F. The van der Waals surface area contributed by atoms with Crippen molar-refractivity contribution >= 4 is 5.97 Å². The number of para-hydroxylation sites is 1. The molecule has 0 bridgehead atoms. The summed E-state index contributed by atoms with van der Waals surface area (Å²) in [6.45, 7) is 0. The maximum atomic E-state index is 12.5. The molecule has 0 atom stereocenters. The Labute approximate surface area is 99.4 Å². The number of aromatic amines is 1. The number of aromatic nitrogens is 2. The molecule has 0 unspecified atom stereocenters. The molecular weight excluding hydrogens is 249 g/mol. The average Bonchev–Trinajstić information content (AvgIpc) is 2.79. The number of carbonyl (C=O) groups is 1. The van der Waals surface area contributed by atoms with Crippen molar-refractivity contribution in [2.24, 2.45) is 0 Å². The predicted octanol–water partition coefficient (Wildman–Crippen LogP) is 2.65. The van der Waals surface area contributed by atoms with Gasteiger partial charge in [-0.3, -0.25) is 5.10 Å². The molecule has 0 aliphatic carbocycles. The van der Waals surface area contributed by atoms with Crippen LogP contribution < -0.4 is 4.74 Å². The number of carbonyl (C=O) groups excluding carboxylic acids is 1. The maximum absolute atomic E-state index is 12.5. The molecule has 0 aliphatic rings. The van der Waals surface area contributed by atoms with Crippen LogP contribution in [0.1, 0.15) is 16.1 Å². The molecule has 0 radical (unpaired) electrons. The molecule has 7 heteroatoms. The van der Waals surface area contributed by atoms with Crippen molar-refractivity contribution in [2.45, 2.75) is 6.18 Å². The van der Waals surface area contributed by atoms with Gasteiger partial charge in [0.1, 0.15) is 11.3 Å². The zero-order valence-corrected chi connectivity index (χ0v) is 8.86. The molecule has 0 spiro atoms. The number of hydrogen-bond acceptors (Lipinski definition) is 3. The molecule has 0 saturated heterocycles. The van der Waals surface area contributed by atoms with Gasteiger partial charge in [-0.1, -0.05) is 18.2 Å². The standard InChI is InChI=1S/C11H7F3N2O2/c12-11(13,14)9-8(6-15-16-9)10(17)18-7-4-2-1-3-5-7/h1-6H,(H,15,16). The lowest BCUT2D eigenvalue weighted by Crippen LogP contribution is -2.15. The summed E-state index contributed by atoms with van der Waals surface area (Å²) in [4.78, 5) is 11.6. The Morgan fingerprint density at radius 1 is 1.22 bits per heavy atom. The number of benzene rings is 1. The van der Waals surface area contributed by atoms with Gasteiger partial charge in [0.2, 0.25) is 0 Å². The Balaban J connectivity index is 2.23. The molecule has 4 nitrogen and oxygen atoms in total. The van der Waals surface area contributed by atoms with Crippen LogP contribution in [0.15, 0.2) is 36.5 Å². The summed E-state index contributed by atoms with van der Waals surface area (Å²) in [6, 6.07) is 7.82. The van der Waals surface area contributed by atoms with Gasteiger partial charge in [0.25, 0.3) is 0 Å². The predicted molar refractivity (Wildman–Crippen MR) is 55.0 cm³/mol.